The molecular weight excluding hydrogens is 576 g/mol. The van der Waals surface area contributed by atoms with Crippen LogP contribution in [0.1, 0.15) is 60.7 Å². The van der Waals surface area contributed by atoms with E-state index >= 15 is 4.39 Å². The first-order valence-corrected chi connectivity index (χ1v) is 14.6. The molecule has 0 radical (unpaired) electrons. The first-order valence-electron chi connectivity index (χ1n) is 14.6. The summed E-state index contributed by atoms with van der Waals surface area (Å²) in [5, 5.41) is 20.3. The van der Waals surface area contributed by atoms with Gasteiger partial charge in [0.25, 0.3) is 5.91 Å². The highest BCUT2D eigenvalue weighted by molar-refractivity contribution is 6.00. The van der Waals surface area contributed by atoms with Crippen LogP contribution >= 0.6 is 0 Å². The molecule has 3 aromatic rings. The van der Waals surface area contributed by atoms with Gasteiger partial charge < -0.3 is 26.0 Å². The van der Waals surface area contributed by atoms with Crippen LogP contribution in [0.5, 0.6) is 0 Å². The molecule has 0 aromatic heterocycles. The number of hydrogen-bond donors (Lipinski definition) is 4. The van der Waals surface area contributed by atoms with Gasteiger partial charge in [-0.2, -0.15) is 13.2 Å². The minimum Gasteiger partial charge on any atom is -0.390 e. The summed E-state index contributed by atoms with van der Waals surface area (Å²) in [7, 11) is 0. The topological polar surface area (TPSA) is 93.7 Å². The zero-order chi connectivity index (χ0) is 32.1. The second-order valence-electron chi connectivity index (χ2n) is 11.5. The zero-order valence-electron chi connectivity index (χ0n) is 25.0. The van der Waals surface area contributed by atoms with Crippen LogP contribution in [0, 0.1) is 5.82 Å². The summed E-state index contributed by atoms with van der Waals surface area (Å²) >= 11 is 0. The fourth-order valence-corrected chi connectivity index (χ4v) is 5.27. The van der Waals surface area contributed by atoms with Crippen molar-refractivity contribution in [2.24, 2.45) is 0 Å². The lowest BCUT2D eigenvalue weighted by Crippen LogP contribution is -2.51. The Morgan fingerprint density at radius 1 is 1.02 bits per heavy atom. The molecule has 0 spiro atoms. The summed E-state index contributed by atoms with van der Waals surface area (Å²) in [5.74, 6) is -1.83. The van der Waals surface area contributed by atoms with Gasteiger partial charge in [0.2, 0.25) is 5.91 Å². The Kier molecular flexibility index (Phi) is 10.3. The molecule has 1 aliphatic rings. The van der Waals surface area contributed by atoms with Crippen LogP contribution in [0.15, 0.2) is 66.7 Å². The Bertz CT molecular complexity index is 1460. The summed E-state index contributed by atoms with van der Waals surface area (Å²) < 4.78 is 55.8. The van der Waals surface area contributed by atoms with Crippen molar-refractivity contribution in [3.8, 4) is 0 Å². The van der Waals surface area contributed by atoms with Crippen LogP contribution in [-0.2, 0) is 22.9 Å². The molecule has 44 heavy (non-hydrogen) atoms. The van der Waals surface area contributed by atoms with Gasteiger partial charge in [-0.15, -0.1) is 0 Å². The number of carbonyl (C=O) groups is 2. The number of halogens is 4. The molecule has 11 heteroatoms. The molecule has 0 bridgehead atoms. The molecule has 2 unspecified atom stereocenters. The van der Waals surface area contributed by atoms with E-state index in [9.17, 15) is 27.9 Å². The SMILES string of the molecule is CCNc1cc(C(=O)NC(Cc2ccccc2)C(O)CNC(C)(C)c2cccc(C(F)(F)F)c2)c(F)c(N2CCCC2=O)c1. The first-order chi connectivity index (χ1) is 20.8. The number of aliphatic hydroxyl groups is 1. The van der Waals surface area contributed by atoms with Gasteiger partial charge in [-0.3, -0.25) is 9.59 Å². The minimum absolute atomic E-state index is 0.0146. The Labute approximate surface area is 254 Å². The molecule has 1 fully saturated rings. The van der Waals surface area contributed by atoms with E-state index in [4.69, 9.17) is 0 Å². The van der Waals surface area contributed by atoms with Crippen LogP contribution < -0.4 is 20.9 Å². The van der Waals surface area contributed by atoms with E-state index in [1.165, 1.54) is 23.1 Å². The van der Waals surface area contributed by atoms with Crippen molar-refractivity contribution in [3.63, 3.8) is 0 Å². The molecule has 1 heterocycles. The number of benzene rings is 3. The number of alkyl halides is 3. The highest BCUT2D eigenvalue weighted by atomic mass is 19.4. The Morgan fingerprint density at radius 2 is 1.73 bits per heavy atom. The molecule has 1 aliphatic heterocycles. The minimum atomic E-state index is -4.50. The molecule has 4 rings (SSSR count). The Morgan fingerprint density at radius 3 is 2.36 bits per heavy atom. The van der Waals surface area contributed by atoms with Gasteiger partial charge in [0.1, 0.15) is 0 Å². The monoisotopic (exact) mass is 614 g/mol. The van der Waals surface area contributed by atoms with Crippen molar-refractivity contribution < 1.29 is 32.3 Å². The third kappa shape index (κ3) is 7.95. The van der Waals surface area contributed by atoms with Gasteiger partial charge in [0.15, 0.2) is 5.82 Å². The van der Waals surface area contributed by atoms with Crippen molar-refractivity contribution in [2.45, 2.75) is 63.9 Å². The maximum Gasteiger partial charge on any atom is 0.416 e. The van der Waals surface area contributed by atoms with Crippen molar-refractivity contribution in [3.05, 3.63) is 94.8 Å². The first kappa shape index (κ1) is 32.9. The number of nitrogens with one attached hydrogen (secondary N) is 3. The fourth-order valence-electron chi connectivity index (χ4n) is 5.27. The lowest BCUT2D eigenvalue weighted by atomic mass is 9.92. The van der Waals surface area contributed by atoms with E-state index in [0.717, 1.165) is 17.7 Å². The lowest BCUT2D eigenvalue weighted by molar-refractivity contribution is -0.137. The van der Waals surface area contributed by atoms with Crippen molar-refractivity contribution in [2.75, 3.05) is 29.9 Å². The summed E-state index contributed by atoms with van der Waals surface area (Å²) in [6.45, 7) is 6.00. The predicted molar refractivity (Wildman–Crippen MR) is 162 cm³/mol. The highest BCUT2D eigenvalue weighted by Crippen LogP contribution is 2.33. The molecule has 2 atom stereocenters. The van der Waals surface area contributed by atoms with Crippen LogP contribution in [0.3, 0.4) is 0 Å². The normalized spacial score (nSPS) is 15.3. The smallest absolute Gasteiger partial charge is 0.390 e. The fraction of sp³-hybridized carbons (Fsp3) is 0.394. The number of carbonyl (C=O) groups excluding carboxylic acids is 2. The largest absolute Gasteiger partial charge is 0.416 e. The van der Waals surface area contributed by atoms with Crippen LogP contribution in [0.4, 0.5) is 28.9 Å². The maximum atomic E-state index is 15.8. The second-order valence-corrected chi connectivity index (χ2v) is 11.5. The third-order valence-corrected chi connectivity index (χ3v) is 7.79. The van der Waals surface area contributed by atoms with Crippen LogP contribution in [0.25, 0.3) is 0 Å². The van der Waals surface area contributed by atoms with E-state index in [1.807, 2.05) is 37.3 Å². The predicted octanol–water partition coefficient (Wildman–Crippen LogP) is 5.63. The summed E-state index contributed by atoms with van der Waals surface area (Å²) in [6, 6.07) is 16.1. The van der Waals surface area contributed by atoms with Gasteiger partial charge in [0, 0.05) is 37.3 Å². The average Bonchev–Trinajstić information content (AvgIpc) is 3.42. The molecular formula is C33H38F4N4O3. The number of aliphatic hydroxyl groups excluding tert-OH is 1. The van der Waals surface area contributed by atoms with E-state index in [0.29, 0.717) is 37.2 Å². The van der Waals surface area contributed by atoms with Gasteiger partial charge in [0.05, 0.1) is 29.0 Å². The Balaban J connectivity index is 1.58. The molecule has 7 nitrogen and oxygen atoms in total. The van der Waals surface area contributed by atoms with Gasteiger partial charge in [-0.1, -0.05) is 42.5 Å². The van der Waals surface area contributed by atoms with Crippen LogP contribution in [-0.4, -0.2) is 48.7 Å². The van der Waals surface area contributed by atoms with Crippen molar-refractivity contribution >= 4 is 23.2 Å². The van der Waals surface area contributed by atoms with Gasteiger partial charge in [-0.25, -0.2) is 4.39 Å². The number of amides is 2. The molecule has 3 aromatic carbocycles. The number of hydrogen-bond acceptors (Lipinski definition) is 5. The molecule has 0 aliphatic carbocycles. The second kappa shape index (κ2) is 13.8. The average molecular weight is 615 g/mol. The standard InChI is InChI=1S/C33H38F4N4O3/c1-4-38-24-18-25(30(34)27(19-24)41-15-9-14-29(41)43)31(44)40-26(16-21-10-6-5-7-11-21)28(42)20-39-32(2,3)22-12-8-13-23(17-22)33(35,36)37/h5-8,10-13,17-19,26,28,38-39,42H,4,9,14-16,20H2,1-3H3,(H,40,44). The summed E-state index contributed by atoms with van der Waals surface area (Å²) in [5.41, 5.74) is -0.363. The Hall–Kier alpha value is -3.96. The molecule has 1 saturated heterocycles. The zero-order valence-corrected chi connectivity index (χ0v) is 25.0. The van der Waals surface area contributed by atoms with Gasteiger partial charge in [-0.05, 0) is 69.0 Å². The summed E-state index contributed by atoms with van der Waals surface area (Å²) in [6.07, 6.45) is -4.63. The van der Waals surface area contributed by atoms with Crippen molar-refractivity contribution in [1.82, 2.24) is 10.6 Å². The molecule has 2 amide bonds. The third-order valence-electron chi connectivity index (χ3n) is 7.79. The van der Waals surface area contributed by atoms with E-state index < -0.39 is 41.1 Å². The van der Waals surface area contributed by atoms with Crippen molar-refractivity contribution in [1.29, 1.82) is 0 Å². The molecule has 236 valence electrons. The maximum absolute atomic E-state index is 15.8. The summed E-state index contributed by atoms with van der Waals surface area (Å²) in [4.78, 5) is 27.4. The highest BCUT2D eigenvalue weighted by Gasteiger charge is 2.33. The number of rotatable bonds is 12. The van der Waals surface area contributed by atoms with E-state index in [1.54, 1.807) is 19.9 Å². The molecule has 4 N–H and O–H groups in total. The quantitative estimate of drug-likeness (QED) is 0.199. The van der Waals surface area contributed by atoms with Gasteiger partial charge >= 0.3 is 6.18 Å². The lowest BCUT2D eigenvalue weighted by Gasteiger charge is -2.32. The number of nitrogens with zero attached hydrogens (tertiary/aromatic N) is 1. The van der Waals surface area contributed by atoms with E-state index in [-0.39, 0.29) is 30.1 Å². The number of anilines is 2. The van der Waals surface area contributed by atoms with Crippen LogP contribution in [0.2, 0.25) is 0 Å². The van der Waals surface area contributed by atoms with E-state index in [2.05, 4.69) is 16.0 Å². The molecule has 0 saturated carbocycles.